The van der Waals surface area contributed by atoms with Crippen molar-refractivity contribution < 1.29 is 9.59 Å². The third-order valence-electron chi connectivity index (χ3n) is 5.87. The van der Waals surface area contributed by atoms with Crippen molar-refractivity contribution in [2.75, 3.05) is 31.5 Å². The molecule has 0 bridgehead atoms. The first kappa shape index (κ1) is 22.8. The second-order valence-corrected chi connectivity index (χ2v) is 8.60. The van der Waals surface area contributed by atoms with Crippen LogP contribution < -0.4 is 16.0 Å². The number of hydrogen-bond donors (Lipinski definition) is 3. The van der Waals surface area contributed by atoms with Gasteiger partial charge >= 0.3 is 0 Å². The standard InChI is InChI=1S/C21H30ClN5O2S/c1-3-26(4-2)19(28)10-9-17-12-23-20(29)18-11-16(13-27(17)18)25-21(30)24-15-7-5-14(22)6-8-15/h5-8,16-18H,3-4,9-13H2,1-2H3,(H,23,29)(H2,24,25,30). The Kier molecular flexibility index (Phi) is 7.91. The summed E-state index contributed by atoms with van der Waals surface area (Å²) >= 11 is 11.4. The molecule has 0 aliphatic carbocycles. The fourth-order valence-corrected chi connectivity index (χ4v) is 4.67. The zero-order valence-electron chi connectivity index (χ0n) is 17.5. The van der Waals surface area contributed by atoms with Gasteiger partial charge in [0.05, 0.1) is 6.04 Å². The molecule has 3 rings (SSSR count). The van der Waals surface area contributed by atoms with Crippen LogP contribution in [-0.4, -0.2) is 71.0 Å². The van der Waals surface area contributed by atoms with Gasteiger partial charge in [0.1, 0.15) is 0 Å². The number of piperazine rings is 1. The van der Waals surface area contributed by atoms with Crippen LogP contribution in [0, 0.1) is 0 Å². The minimum atomic E-state index is -0.178. The lowest BCUT2D eigenvalue weighted by Crippen LogP contribution is -2.58. The van der Waals surface area contributed by atoms with E-state index < -0.39 is 0 Å². The Balaban J connectivity index is 1.54. The van der Waals surface area contributed by atoms with Crippen molar-refractivity contribution in [3.8, 4) is 0 Å². The average molecular weight is 452 g/mol. The van der Waals surface area contributed by atoms with Crippen LogP contribution in [0.3, 0.4) is 0 Å². The minimum absolute atomic E-state index is 0.0576. The maximum absolute atomic E-state index is 12.4. The van der Waals surface area contributed by atoms with Gasteiger partial charge in [-0.05, 0) is 63.2 Å². The first-order valence-electron chi connectivity index (χ1n) is 10.6. The van der Waals surface area contributed by atoms with E-state index in [9.17, 15) is 9.59 Å². The number of halogens is 1. The summed E-state index contributed by atoms with van der Waals surface area (Å²) in [4.78, 5) is 28.9. The van der Waals surface area contributed by atoms with E-state index in [2.05, 4.69) is 20.9 Å². The largest absolute Gasteiger partial charge is 0.358 e. The Morgan fingerprint density at radius 2 is 2.00 bits per heavy atom. The Labute approximate surface area is 188 Å². The molecule has 3 N–H and O–H groups in total. The van der Waals surface area contributed by atoms with E-state index in [4.69, 9.17) is 23.8 Å². The van der Waals surface area contributed by atoms with Gasteiger partial charge in [-0.25, -0.2) is 0 Å². The maximum atomic E-state index is 12.4. The van der Waals surface area contributed by atoms with Gasteiger partial charge in [-0.15, -0.1) is 0 Å². The second kappa shape index (κ2) is 10.4. The van der Waals surface area contributed by atoms with E-state index in [0.29, 0.717) is 29.5 Å². The highest BCUT2D eigenvalue weighted by Crippen LogP contribution is 2.26. The first-order valence-corrected chi connectivity index (χ1v) is 11.3. The number of nitrogens with zero attached hydrogens (tertiary/aromatic N) is 2. The van der Waals surface area contributed by atoms with Crippen LogP contribution in [0.4, 0.5) is 5.69 Å². The molecular weight excluding hydrogens is 422 g/mol. The number of thiocarbonyl (C=S) groups is 1. The molecule has 164 valence electrons. The van der Waals surface area contributed by atoms with Crippen LogP contribution in [0.15, 0.2) is 24.3 Å². The highest BCUT2D eigenvalue weighted by atomic mass is 35.5. The molecular formula is C21H30ClN5O2S. The summed E-state index contributed by atoms with van der Waals surface area (Å²) in [5, 5.41) is 10.7. The lowest BCUT2D eigenvalue weighted by atomic mass is 10.0. The molecule has 3 unspecified atom stereocenters. The van der Waals surface area contributed by atoms with Gasteiger partial charge in [-0.2, -0.15) is 0 Å². The molecule has 0 spiro atoms. The smallest absolute Gasteiger partial charge is 0.237 e. The lowest BCUT2D eigenvalue weighted by molar-refractivity contribution is -0.132. The zero-order chi connectivity index (χ0) is 21.7. The summed E-state index contributed by atoms with van der Waals surface area (Å²) in [5.74, 6) is 0.234. The second-order valence-electron chi connectivity index (χ2n) is 7.75. The Morgan fingerprint density at radius 3 is 2.67 bits per heavy atom. The van der Waals surface area contributed by atoms with Crippen molar-refractivity contribution in [1.29, 1.82) is 0 Å². The van der Waals surface area contributed by atoms with Gasteiger partial charge in [0.25, 0.3) is 0 Å². The Hall–Kier alpha value is -1.90. The predicted molar refractivity (Wildman–Crippen MR) is 124 cm³/mol. The van der Waals surface area contributed by atoms with Gasteiger partial charge < -0.3 is 20.9 Å². The summed E-state index contributed by atoms with van der Waals surface area (Å²) < 4.78 is 0. The highest BCUT2D eigenvalue weighted by molar-refractivity contribution is 7.80. The molecule has 1 aromatic rings. The molecule has 30 heavy (non-hydrogen) atoms. The molecule has 9 heteroatoms. The number of nitrogens with one attached hydrogen (secondary N) is 3. The maximum Gasteiger partial charge on any atom is 0.237 e. The zero-order valence-corrected chi connectivity index (χ0v) is 19.1. The molecule has 2 aliphatic heterocycles. The minimum Gasteiger partial charge on any atom is -0.358 e. The fourth-order valence-electron chi connectivity index (χ4n) is 4.26. The summed E-state index contributed by atoms with van der Waals surface area (Å²) in [7, 11) is 0. The SMILES string of the molecule is CCN(CC)C(=O)CCC1CNC(=O)C2CC(NC(=S)Nc3ccc(Cl)cc3)CN12. The molecule has 2 heterocycles. The Morgan fingerprint density at radius 1 is 1.30 bits per heavy atom. The quantitative estimate of drug-likeness (QED) is 0.552. The fraction of sp³-hybridized carbons (Fsp3) is 0.571. The van der Waals surface area contributed by atoms with Crippen molar-refractivity contribution in [3.63, 3.8) is 0 Å². The Bertz CT molecular complexity index is 771. The third-order valence-corrected chi connectivity index (χ3v) is 6.34. The predicted octanol–water partition coefficient (Wildman–Crippen LogP) is 2.22. The van der Waals surface area contributed by atoms with Gasteiger partial charge in [0, 0.05) is 55.4 Å². The molecule has 2 saturated heterocycles. The average Bonchev–Trinajstić information content (AvgIpc) is 3.14. The lowest BCUT2D eigenvalue weighted by Gasteiger charge is -2.37. The van der Waals surface area contributed by atoms with Gasteiger partial charge in [-0.1, -0.05) is 11.6 Å². The van der Waals surface area contributed by atoms with Crippen LogP contribution >= 0.6 is 23.8 Å². The number of carbonyl (C=O) groups excluding carboxylic acids is 2. The van der Waals surface area contributed by atoms with Gasteiger partial charge in [0.2, 0.25) is 11.8 Å². The number of amides is 2. The molecule has 2 amide bonds. The monoisotopic (exact) mass is 451 g/mol. The summed E-state index contributed by atoms with van der Waals surface area (Å²) in [6, 6.07) is 7.40. The highest BCUT2D eigenvalue weighted by Gasteiger charge is 2.43. The number of rotatable bonds is 7. The van der Waals surface area contributed by atoms with Gasteiger partial charge in [-0.3, -0.25) is 14.5 Å². The van der Waals surface area contributed by atoms with E-state index in [-0.39, 0.29) is 29.9 Å². The third kappa shape index (κ3) is 5.62. The number of carbonyl (C=O) groups is 2. The molecule has 1 aromatic carbocycles. The molecule has 0 saturated carbocycles. The van der Waals surface area contributed by atoms with E-state index >= 15 is 0 Å². The number of anilines is 1. The summed E-state index contributed by atoms with van der Waals surface area (Å²) in [5.41, 5.74) is 0.859. The number of hydrogen-bond acceptors (Lipinski definition) is 4. The molecule has 0 aromatic heterocycles. The number of fused-ring (bicyclic) bond motifs is 1. The molecule has 3 atom stereocenters. The normalized spacial score (nSPS) is 23.4. The summed E-state index contributed by atoms with van der Waals surface area (Å²) in [6.07, 6.45) is 1.93. The van der Waals surface area contributed by atoms with Crippen LogP contribution in [0.2, 0.25) is 5.02 Å². The van der Waals surface area contributed by atoms with Crippen molar-refractivity contribution in [1.82, 2.24) is 20.4 Å². The van der Waals surface area contributed by atoms with Gasteiger partial charge in [0.15, 0.2) is 5.11 Å². The van der Waals surface area contributed by atoms with E-state index in [1.54, 1.807) is 12.1 Å². The van der Waals surface area contributed by atoms with Crippen molar-refractivity contribution in [3.05, 3.63) is 29.3 Å². The van der Waals surface area contributed by atoms with E-state index in [1.165, 1.54) is 0 Å². The number of benzene rings is 1. The molecule has 2 aliphatic rings. The molecule has 0 radical (unpaired) electrons. The topological polar surface area (TPSA) is 76.7 Å². The molecule has 2 fully saturated rings. The van der Waals surface area contributed by atoms with Crippen LogP contribution in [0.1, 0.15) is 33.1 Å². The van der Waals surface area contributed by atoms with Crippen LogP contribution in [0.5, 0.6) is 0 Å². The van der Waals surface area contributed by atoms with Crippen molar-refractivity contribution in [2.24, 2.45) is 0 Å². The summed E-state index contributed by atoms with van der Waals surface area (Å²) in [6.45, 7) is 6.76. The van der Waals surface area contributed by atoms with Crippen molar-refractivity contribution >= 4 is 46.4 Å². The van der Waals surface area contributed by atoms with E-state index in [0.717, 1.165) is 31.7 Å². The van der Waals surface area contributed by atoms with Crippen molar-refractivity contribution in [2.45, 2.75) is 51.2 Å². The molecule has 7 nitrogen and oxygen atoms in total. The van der Waals surface area contributed by atoms with Crippen LogP contribution in [-0.2, 0) is 9.59 Å². The van der Waals surface area contributed by atoms with Crippen LogP contribution in [0.25, 0.3) is 0 Å². The first-order chi connectivity index (χ1) is 14.4. The van der Waals surface area contributed by atoms with E-state index in [1.807, 2.05) is 30.9 Å².